The Morgan fingerprint density at radius 2 is 1.26 bits per heavy atom. The molecule has 0 unspecified atom stereocenters. The van der Waals surface area contributed by atoms with Crippen molar-refractivity contribution in [3.05, 3.63) is 103 Å². The van der Waals surface area contributed by atoms with Crippen LogP contribution in [0, 0.1) is 0 Å². The van der Waals surface area contributed by atoms with Crippen molar-refractivity contribution >= 4 is 5.57 Å². The van der Waals surface area contributed by atoms with E-state index in [1.807, 2.05) is 12.2 Å². The Morgan fingerprint density at radius 3 is 1.70 bits per heavy atom. The maximum atomic E-state index is 3.83. The number of hydrogen-bond donors (Lipinski definition) is 0. The fraction of sp³-hybridized carbons (Fsp3) is 0.182. The van der Waals surface area contributed by atoms with E-state index in [9.17, 15) is 0 Å². The Kier molecular flexibility index (Phi) is 7.09. The second-order valence-electron chi connectivity index (χ2n) is 5.48. The van der Waals surface area contributed by atoms with Gasteiger partial charge in [0.05, 0.1) is 0 Å². The van der Waals surface area contributed by atoms with E-state index in [2.05, 4.69) is 84.8 Å². The highest BCUT2D eigenvalue weighted by molar-refractivity contribution is 5.79. The normalized spacial score (nSPS) is 10.3. The molecule has 0 heterocycles. The van der Waals surface area contributed by atoms with Crippen LogP contribution in [0.1, 0.15) is 17.5 Å². The molecule has 2 aromatic rings. The number of rotatable bonds is 9. The van der Waals surface area contributed by atoms with Gasteiger partial charge in [0, 0.05) is 19.6 Å². The van der Waals surface area contributed by atoms with Gasteiger partial charge < -0.3 is 0 Å². The zero-order valence-electron chi connectivity index (χ0n) is 13.7. The molecule has 1 heteroatoms. The topological polar surface area (TPSA) is 3.24 Å². The van der Waals surface area contributed by atoms with Gasteiger partial charge in [0.1, 0.15) is 0 Å². The first-order valence-electron chi connectivity index (χ1n) is 8.10. The first-order chi connectivity index (χ1) is 11.3. The van der Waals surface area contributed by atoms with Gasteiger partial charge in [-0.25, -0.2) is 0 Å². The molecule has 0 bridgehead atoms. The summed E-state index contributed by atoms with van der Waals surface area (Å²) in [7, 11) is 0. The Labute approximate surface area is 140 Å². The smallest absolute Gasteiger partial charge is 0.0164 e. The fourth-order valence-corrected chi connectivity index (χ4v) is 2.65. The zero-order valence-corrected chi connectivity index (χ0v) is 13.7. The Morgan fingerprint density at radius 1 is 0.783 bits per heavy atom. The number of nitrogens with zero attached hydrogens (tertiary/aromatic N) is 1. The minimum atomic E-state index is 0.895. The van der Waals surface area contributed by atoms with Crippen LogP contribution >= 0.6 is 0 Å². The van der Waals surface area contributed by atoms with Crippen LogP contribution < -0.4 is 0 Å². The molecular formula is C22H25N. The van der Waals surface area contributed by atoms with Crippen molar-refractivity contribution in [1.29, 1.82) is 0 Å². The van der Waals surface area contributed by atoms with Gasteiger partial charge in [-0.1, -0.05) is 78.9 Å². The molecule has 0 atom stereocenters. The van der Waals surface area contributed by atoms with E-state index < -0.39 is 0 Å². The molecule has 0 aliphatic carbocycles. The Bertz CT molecular complexity index is 574. The summed E-state index contributed by atoms with van der Waals surface area (Å²) in [5.74, 6) is 0. The summed E-state index contributed by atoms with van der Waals surface area (Å²) < 4.78 is 0. The van der Waals surface area contributed by atoms with Gasteiger partial charge in [0.15, 0.2) is 0 Å². The van der Waals surface area contributed by atoms with Crippen molar-refractivity contribution in [2.45, 2.75) is 6.42 Å². The van der Waals surface area contributed by atoms with Crippen molar-refractivity contribution in [3.63, 3.8) is 0 Å². The molecule has 0 saturated heterocycles. The van der Waals surface area contributed by atoms with Gasteiger partial charge in [-0.3, -0.25) is 4.90 Å². The number of benzene rings is 2. The van der Waals surface area contributed by atoms with Crippen LogP contribution in [0.3, 0.4) is 0 Å². The average molecular weight is 303 g/mol. The SMILES string of the molecule is C=CCN(CC=C)CCC=C(c1ccccc1)c1ccccc1. The van der Waals surface area contributed by atoms with E-state index in [0.717, 1.165) is 26.1 Å². The van der Waals surface area contributed by atoms with Crippen LogP contribution in [0.25, 0.3) is 5.57 Å². The summed E-state index contributed by atoms with van der Waals surface area (Å²) in [5.41, 5.74) is 3.82. The standard InChI is InChI=1S/C22H25N/c1-3-17-23(18-4-2)19-11-16-22(20-12-7-5-8-13-20)21-14-9-6-10-15-21/h3-10,12-16H,1-2,11,17-19H2. The molecule has 0 aliphatic heterocycles. The van der Waals surface area contributed by atoms with Crippen LogP contribution in [0.15, 0.2) is 92.0 Å². The first kappa shape index (κ1) is 17.0. The molecule has 0 N–H and O–H groups in total. The maximum Gasteiger partial charge on any atom is 0.0164 e. The highest BCUT2D eigenvalue weighted by atomic mass is 15.1. The fourth-order valence-electron chi connectivity index (χ4n) is 2.65. The number of hydrogen-bond acceptors (Lipinski definition) is 1. The van der Waals surface area contributed by atoms with Crippen molar-refractivity contribution in [3.8, 4) is 0 Å². The Hall–Kier alpha value is -2.38. The molecule has 118 valence electrons. The molecule has 0 aromatic heterocycles. The predicted octanol–water partition coefficient (Wildman–Crippen LogP) is 5.18. The predicted molar refractivity (Wildman–Crippen MR) is 101 cm³/mol. The summed E-state index contributed by atoms with van der Waals surface area (Å²) in [5, 5.41) is 0. The average Bonchev–Trinajstić information content (AvgIpc) is 2.60. The summed E-state index contributed by atoms with van der Waals surface area (Å²) in [6.45, 7) is 10.5. The second-order valence-corrected chi connectivity index (χ2v) is 5.48. The molecule has 0 spiro atoms. The van der Waals surface area contributed by atoms with Crippen molar-refractivity contribution in [2.24, 2.45) is 0 Å². The third-order valence-electron chi connectivity index (χ3n) is 3.74. The van der Waals surface area contributed by atoms with E-state index in [1.54, 1.807) is 0 Å². The Balaban J connectivity index is 2.17. The largest absolute Gasteiger partial charge is 0.296 e. The monoisotopic (exact) mass is 303 g/mol. The molecular weight excluding hydrogens is 278 g/mol. The van der Waals surface area contributed by atoms with Crippen molar-refractivity contribution in [1.82, 2.24) is 4.90 Å². The van der Waals surface area contributed by atoms with E-state index >= 15 is 0 Å². The van der Waals surface area contributed by atoms with E-state index in [0.29, 0.717) is 0 Å². The molecule has 0 aliphatic rings. The van der Waals surface area contributed by atoms with E-state index in [-0.39, 0.29) is 0 Å². The molecule has 23 heavy (non-hydrogen) atoms. The molecule has 2 rings (SSSR count). The van der Waals surface area contributed by atoms with Gasteiger partial charge in [-0.15, -0.1) is 13.2 Å². The molecule has 1 nitrogen and oxygen atoms in total. The van der Waals surface area contributed by atoms with Gasteiger partial charge in [-0.2, -0.15) is 0 Å². The lowest BCUT2D eigenvalue weighted by molar-refractivity contribution is 0.342. The quantitative estimate of drug-likeness (QED) is 0.577. The summed E-state index contributed by atoms with van der Waals surface area (Å²) >= 11 is 0. The molecule has 0 saturated carbocycles. The zero-order chi connectivity index (χ0) is 16.3. The molecule has 0 fully saturated rings. The summed E-state index contributed by atoms with van der Waals surface area (Å²) in [6, 6.07) is 21.2. The third kappa shape index (κ3) is 5.39. The van der Waals surface area contributed by atoms with Crippen LogP contribution in [0.2, 0.25) is 0 Å². The van der Waals surface area contributed by atoms with E-state index in [1.165, 1.54) is 16.7 Å². The first-order valence-corrected chi connectivity index (χ1v) is 8.10. The van der Waals surface area contributed by atoms with Gasteiger partial charge in [0.2, 0.25) is 0 Å². The second kappa shape index (κ2) is 9.60. The van der Waals surface area contributed by atoms with Gasteiger partial charge in [0.25, 0.3) is 0 Å². The molecule has 2 aromatic carbocycles. The van der Waals surface area contributed by atoms with Crippen molar-refractivity contribution < 1.29 is 0 Å². The lowest BCUT2D eigenvalue weighted by Gasteiger charge is -2.18. The molecule has 0 radical (unpaired) electrons. The minimum absolute atomic E-state index is 0.895. The highest BCUT2D eigenvalue weighted by Gasteiger charge is 2.05. The van der Waals surface area contributed by atoms with E-state index in [4.69, 9.17) is 0 Å². The maximum absolute atomic E-state index is 3.83. The van der Waals surface area contributed by atoms with Crippen LogP contribution in [-0.4, -0.2) is 24.5 Å². The van der Waals surface area contributed by atoms with Crippen LogP contribution in [0.4, 0.5) is 0 Å². The van der Waals surface area contributed by atoms with Gasteiger partial charge in [-0.05, 0) is 23.1 Å². The minimum Gasteiger partial charge on any atom is -0.296 e. The third-order valence-corrected chi connectivity index (χ3v) is 3.74. The highest BCUT2D eigenvalue weighted by Crippen LogP contribution is 2.23. The van der Waals surface area contributed by atoms with Crippen LogP contribution in [0.5, 0.6) is 0 Å². The van der Waals surface area contributed by atoms with Gasteiger partial charge >= 0.3 is 0 Å². The van der Waals surface area contributed by atoms with Crippen LogP contribution in [-0.2, 0) is 0 Å². The summed E-state index contributed by atoms with van der Waals surface area (Å²) in [6.07, 6.45) is 7.23. The summed E-state index contributed by atoms with van der Waals surface area (Å²) in [4.78, 5) is 2.34. The lowest BCUT2D eigenvalue weighted by Crippen LogP contribution is -2.24. The molecule has 0 amide bonds. The van der Waals surface area contributed by atoms with Crippen molar-refractivity contribution in [2.75, 3.05) is 19.6 Å². The lowest BCUT2D eigenvalue weighted by atomic mass is 9.97.